The van der Waals surface area contributed by atoms with Gasteiger partial charge in [-0.05, 0) is 79.5 Å². The molecule has 3 heterocycles. The first-order chi connectivity index (χ1) is 60.1. The van der Waals surface area contributed by atoms with Gasteiger partial charge in [-0.15, -0.1) is 0 Å². The van der Waals surface area contributed by atoms with Gasteiger partial charge in [-0.1, -0.05) is 118 Å². The zero-order chi connectivity index (χ0) is 94.4. The summed E-state index contributed by atoms with van der Waals surface area (Å²) < 4.78 is 62.0. The fourth-order valence-corrected chi connectivity index (χ4v) is 15.7. The van der Waals surface area contributed by atoms with E-state index in [0.717, 1.165) is 9.80 Å². The first-order valence-corrected chi connectivity index (χ1v) is 44.8. The van der Waals surface area contributed by atoms with Gasteiger partial charge in [0.15, 0.2) is 0 Å². The first kappa shape index (κ1) is 108. The number of amides is 15. The van der Waals surface area contributed by atoms with Crippen molar-refractivity contribution < 1.29 is 129 Å². The van der Waals surface area contributed by atoms with Gasteiger partial charge in [0.2, 0.25) is 70.9 Å². The van der Waals surface area contributed by atoms with Crippen LogP contribution >= 0.6 is 7.82 Å². The number of nitrogens with zero attached hydrogens (tertiary/aromatic N) is 4. The lowest BCUT2D eigenvalue weighted by atomic mass is 9.89. The van der Waals surface area contributed by atoms with E-state index in [0.29, 0.717) is 36.9 Å². The van der Waals surface area contributed by atoms with Crippen molar-refractivity contribution in [2.24, 2.45) is 41.2 Å². The quantitative estimate of drug-likeness (QED) is 0.0196. The third-order valence-corrected chi connectivity index (χ3v) is 22.7. The summed E-state index contributed by atoms with van der Waals surface area (Å²) in [7, 11) is 0.855. The zero-order valence-electron chi connectivity index (χ0n) is 75.7. The number of imide groups is 1. The molecule has 2 aromatic carbocycles. The van der Waals surface area contributed by atoms with Gasteiger partial charge in [0.05, 0.1) is 109 Å². The summed E-state index contributed by atoms with van der Waals surface area (Å²) in [5, 5.41) is 23.9. The van der Waals surface area contributed by atoms with Crippen LogP contribution in [0.4, 0.5) is 15.3 Å². The number of benzene rings is 2. The number of phosphoric acid groups is 1. The van der Waals surface area contributed by atoms with Crippen LogP contribution in [0.15, 0.2) is 54.6 Å². The molecule has 5 rings (SSSR count). The van der Waals surface area contributed by atoms with E-state index in [4.69, 9.17) is 48.2 Å². The number of esters is 1. The average Bonchev–Trinajstić information content (AvgIpc) is 1.78. The number of phosphoric ester groups is 1. The molecule has 1 unspecified atom stereocenters. The van der Waals surface area contributed by atoms with E-state index in [-0.39, 0.29) is 172 Å². The standard InChI is InChI=1S/C85H135N14O27P/c1-16-53(8)73(64(118-14)48-69(104)98-35-21-25-63(98)74(119-15)55(10)76(105)89-56(11)75(126-127(115,116)117)58-22-18-17-19-23-58)96(12)82(111)71(51(4)5)95-80(109)72(52(6)7)97(13)85(114)125-49-57-26-28-59(29-27-57)90-77(106)60(24-20-33-88-84(86)113)93-79(108)70(50(2)3)94-78(107)62(47-67(102)91-61-31-38-124-83(61)112)92-66(101)32-37-120-40-42-122-44-45-123-43-41-121-39-34-87-65(100)30-36-99-68(103)46-54(9)81(99)110/h17-19,22-23,26-29,50-56,60-64,70-75H,16,20-21,24-25,30-49H2,1-15H3,(H,87,100)(H,89,105)(H,90,106)(H,91,102)(H,92,101)(H,93,108)(H,94,107)(H,95,109)(H3,86,88,113)(H2,115,116,117)/t53-,54?,55+,56+,60-,61-,62-,63-,64+,70-,71-,72-,73-,74+,75+/m0/s1. The van der Waals surface area contributed by atoms with Crippen LogP contribution in [0, 0.1) is 35.5 Å². The number of hydrogen-bond acceptors (Lipinski definition) is 25. The van der Waals surface area contributed by atoms with Crippen LogP contribution in [0.2, 0.25) is 0 Å². The molecule has 0 aliphatic carbocycles. The molecule has 127 heavy (non-hydrogen) atoms. The van der Waals surface area contributed by atoms with E-state index in [9.17, 15) is 86.3 Å². The maximum absolute atomic E-state index is 15.0. The number of nitrogens with two attached hydrogens (primary N) is 1. The molecular weight excluding hydrogens is 1680 g/mol. The zero-order valence-corrected chi connectivity index (χ0v) is 76.6. The Labute approximate surface area is 742 Å². The summed E-state index contributed by atoms with van der Waals surface area (Å²) in [4.78, 5) is 227. The number of likely N-dealkylation sites (N-methyl/N-ethyl adjacent to an activating group) is 2. The van der Waals surface area contributed by atoms with Gasteiger partial charge in [-0.25, -0.2) is 18.9 Å². The first-order valence-electron chi connectivity index (χ1n) is 43.2. The summed E-state index contributed by atoms with van der Waals surface area (Å²) in [6.07, 6.45) is -2.93. The molecule has 712 valence electrons. The number of carbonyl (C=O) groups excluding carboxylic acids is 15. The van der Waals surface area contributed by atoms with Crippen LogP contribution in [0.1, 0.15) is 164 Å². The molecule has 41 nitrogen and oxygen atoms in total. The van der Waals surface area contributed by atoms with Gasteiger partial charge in [0.25, 0.3) is 0 Å². The number of cyclic esters (lactones) is 1. The van der Waals surface area contributed by atoms with Gasteiger partial charge < -0.3 is 111 Å². The van der Waals surface area contributed by atoms with Gasteiger partial charge in [0.1, 0.15) is 49.0 Å². The van der Waals surface area contributed by atoms with Crippen molar-refractivity contribution in [2.45, 2.75) is 226 Å². The summed E-state index contributed by atoms with van der Waals surface area (Å²) in [6.45, 7) is 20.4. The normalized spacial score (nSPS) is 18.1. The summed E-state index contributed by atoms with van der Waals surface area (Å²) in [5.74, 6) is -10.8. The van der Waals surface area contributed by atoms with Crippen LogP contribution < -0.4 is 53.6 Å². The minimum Gasteiger partial charge on any atom is -0.464 e. The predicted molar refractivity (Wildman–Crippen MR) is 460 cm³/mol. The van der Waals surface area contributed by atoms with Crippen molar-refractivity contribution in [2.75, 3.05) is 119 Å². The Morgan fingerprint density at radius 2 is 1.27 bits per heavy atom. The Bertz CT molecular complexity index is 3990. The summed E-state index contributed by atoms with van der Waals surface area (Å²) >= 11 is 0. The molecule has 0 bridgehead atoms. The lowest BCUT2D eigenvalue weighted by Crippen LogP contribution is -2.60. The topological polar surface area (TPSA) is 544 Å². The highest BCUT2D eigenvalue weighted by molar-refractivity contribution is 7.46. The molecule has 3 aliphatic rings. The van der Waals surface area contributed by atoms with Crippen LogP contribution in [0.3, 0.4) is 0 Å². The Kier molecular flexibility index (Phi) is 46.2. The van der Waals surface area contributed by atoms with Crippen molar-refractivity contribution in [3.8, 4) is 0 Å². The highest BCUT2D eigenvalue weighted by Crippen LogP contribution is 2.44. The summed E-state index contributed by atoms with van der Waals surface area (Å²) in [5.41, 5.74) is 6.41. The van der Waals surface area contributed by atoms with Crippen molar-refractivity contribution in [3.05, 3.63) is 65.7 Å². The number of likely N-dealkylation sites (tertiary alicyclic amines) is 2. The molecule has 0 spiro atoms. The minimum absolute atomic E-state index is 0.00197. The Morgan fingerprint density at radius 1 is 0.646 bits per heavy atom. The van der Waals surface area contributed by atoms with E-state index in [2.05, 4.69) is 47.9 Å². The largest absolute Gasteiger partial charge is 0.470 e. The number of nitrogens with one attached hydrogen (secondary N) is 9. The molecule has 3 aliphatic heterocycles. The second-order valence-corrected chi connectivity index (χ2v) is 34.2. The number of urea groups is 1. The number of carbonyl (C=O) groups is 15. The maximum Gasteiger partial charge on any atom is 0.470 e. The lowest BCUT2D eigenvalue weighted by Gasteiger charge is -2.41. The van der Waals surface area contributed by atoms with Crippen LogP contribution in [-0.4, -0.2) is 299 Å². The second-order valence-electron chi connectivity index (χ2n) is 33.0. The lowest BCUT2D eigenvalue weighted by molar-refractivity contribution is -0.148. The number of hydrogen-bond donors (Lipinski definition) is 12. The Hall–Kier alpha value is -9.84. The minimum atomic E-state index is -5.01. The predicted octanol–water partition coefficient (Wildman–Crippen LogP) is 2.37. The van der Waals surface area contributed by atoms with Gasteiger partial charge in [-0.3, -0.25) is 71.9 Å². The van der Waals surface area contributed by atoms with Gasteiger partial charge >= 0.3 is 25.9 Å². The van der Waals surface area contributed by atoms with Crippen LogP contribution in [0.25, 0.3) is 0 Å². The molecule has 0 saturated carbocycles. The van der Waals surface area contributed by atoms with E-state index < -0.39 is 176 Å². The molecule has 3 saturated heterocycles. The fraction of sp³-hybridized carbons (Fsp3) is 0.682. The molecule has 0 radical (unpaired) electrons. The van der Waals surface area contributed by atoms with E-state index in [1.54, 1.807) is 117 Å². The molecule has 3 fully saturated rings. The Balaban J connectivity index is 1.14. The van der Waals surface area contributed by atoms with E-state index >= 15 is 0 Å². The number of anilines is 1. The number of ether oxygens (including phenoxy) is 8. The number of primary amides is 1. The van der Waals surface area contributed by atoms with Crippen LogP contribution in [-0.2, 0) is 116 Å². The SMILES string of the molecule is CC[C@H](C)[C@@H]([C@@H](CC(=O)N1CCC[C@H]1[C@H](OC)[C@@H](C)C(=O)N[C@H](C)[C@@H](OP(=O)(O)O)c1ccccc1)OC)N(C)C(=O)[C@@H](NC(=O)[C@H](C(C)C)N(C)C(=O)OCc1ccc(NC(=O)[C@H](CCCNC(N)=O)NC(=O)[C@@H](NC(=O)[C@H](CC(=O)N[C@H]2CCOC2=O)NC(=O)CCOCCOCCOCCOCCNC(=O)CCN2C(=O)CC(C)C2=O)C(C)C)cc1)C(C)C. The fourth-order valence-electron chi connectivity index (χ4n) is 15.1. The smallest absolute Gasteiger partial charge is 0.464 e. The van der Waals surface area contributed by atoms with Crippen molar-refractivity contribution in [1.29, 1.82) is 0 Å². The molecule has 13 N–H and O–H groups in total. The molecular formula is C85H135N14O27P. The van der Waals surface area contributed by atoms with Crippen molar-refractivity contribution in [1.82, 2.24) is 62.1 Å². The second kappa shape index (κ2) is 54.5. The average molecular weight is 1820 g/mol. The molecule has 15 amide bonds. The molecule has 0 aromatic heterocycles. The maximum atomic E-state index is 15.0. The van der Waals surface area contributed by atoms with Crippen LogP contribution in [0.5, 0.6) is 0 Å². The van der Waals surface area contributed by atoms with Gasteiger partial charge in [0, 0.05) is 91.8 Å². The third-order valence-electron chi connectivity index (χ3n) is 22.2. The van der Waals surface area contributed by atoms with Gasteiger partial charge in [-0.2, -0.15) is 0 Å². The number of methoxy groups -OCH3 is 2. The van der Waals surface area contributed by atoms with Crippen molar-refractivity contribution in [3.63, 3.8) is 0 Å². The third kappa shape index (κ3) is 35.6. The molecule has 15 atom stereocenters. The highest BCUT2D eigenvalue weighted by atomic mass is 31.2. The molecule has 42 heteroatoms. The monoisotopic (exact) mass is 1810 g/mol. The Morgan fingerprint density at radius 3 is 1.83 bits per heavy atom. The number of rotatable bonds is 57. The van der Waals surface area contributed by atoms with E-state index in [1.165, 1.54) is 38.3 Å². The van der Waals surface area contributed by atoms with Crippen molar-refractivity contribution >= 4 is 102 Å². The summed E-state index contributed by atoms with van der Waals surface area (Å²) in [6, 6.07) is 3.80. The van der Waals surface area contributed by atoms with E-state index in [1.807, 2.05) is 13.8 Å². The highest BCUT2D eigenvalue weighted by Gasteiger charge is 2.46. The molecule has 2 aromatic rings.